The summed E-state index contributed by atoms with van der Waals surface area (Å²) >= 11 is 1.86. The number of nitrogens with one attached hydrogen (secondary N) is 1. The molecule has 1 nitrogen and oxygen atoms in total. The van der Waals surface area contributed by atoms with Crippen molar-refractivity contribution in [3.63, 3.8) is 0 Å². The van der Waals surface area contributed by atoms with Gasteiger partial charge in [0.2, 0.25) is 0 Å². The fourth-order valence-corrected chi connectivity index (χ4v) is 7.55. The van der Waals surface area contributed by atoms with Crippen LogP contribution >= 0.6 is 11.3 Å². The second-order valence-electron chi connectivity index (χ2n) is 11.5. The summed E-state index contributed by atoms with van der Waals surface area (Å²) < 4.78 is 2.68. The molecule has 0 radical (unpaired) electrons. The summed E-state index contributed by atoms with van der Waals surface area (Å²) in [6.45, 7) is 4.68. The van der Waals surface area contributed by atoms with E-state index in [-0.39, 0.29) is 5.41 Å². The molecule has 6 aromatic carbocycles. The first-order chi connectivity index (χ1) is 20.0. The highest BCUT2D eigenvalue weighted by molar-refractivity contribution is 7.25. The first-order valence-electron chi connectivity index (χ1n) is 14.2. The van der Waals surface area contributed by atoms with Crippen LogP contribution in [0, 0.1) is 0 Å². The van der Waals surface area contributed by atoms with Crippen LogP contribution in [0.15, 0.2) is 133 Å². The third-order valence-electron chi connectivity index (χ3n) is 8.67. The molecule has 1 aliphatic carbocycles. The summed E-state index contributed by atoms with van der Waals surface area (Å²) in [6, 6.07) is 48.7. The van der Waals surface area contributed by atoms with E-state index in [1.165, 1.54) is 64.7 Å². The van der Waals surface area contributed by atoms with E-state index in [9.17, 15) is 0 Å². The van der Waals surface area contributed by atoms with Crippen molar-refractivity contribution >= 4 is 42.9 Å². The van der Waals surface area contributed by atoms with Crippen LogP contribution in [0.5, 0.6) is 0 Å². The number of hydrogen-bond acceptors (Lipinski definition) is 2. The van der Waals surface area contributed by atoms with E-state index in [2.05, 4.69) is 153 Å². The second-order valence-corrected chi connectivity index (χ2v) is 12.6. The Balaban J connectivity index is 1.08. The molecule has 7 aromatic rings. The molecule has 0 bridgehead atoms. The minimum atomic E-state index is -0.0497. The van der Waals surface area contributed by atoms with Crippen molar-refractivity contribution in [2.24, 2.45) is 0 Å². The maximum atomic E-state index is 3.67. The van der Waals surface area contributed by atoms with Gasteiger partial charge in [0.15, 0.2) is 0 Å². The smallest absolute Gasteiger partial charge is 0.0387 e. The van der Waals surface area contributed by atoms with Crippen molar-refractivity contribution in [3.8, 4) is 33.4 Å². The molecule has 1 heterocycles. The minimum Gasteiger partial charge on any atom is -0.356 e. The van der Waals surface area contributed by atoms with E-state index < -0.39 is 0 Å². The zero-order chi connectivity index (χ0) is 27.6. The summed E-state index contributed by atoms with van der Waals surface area (Å²) in [6.07, 6.45) is 0. The first kappa shape index (κ1) is 24.2. The zero-order valence-electron chi connectivity index (χ0n) is 23.1. The number of thiophene rings is 1. The first-order valence-corrected chi connectivity index (χ1v) is 15.0. The van der Waals surface area contributed by atoms with Crippen LogP contribution in [0.2, 0.25) is 0 Å². The van der Waals surface area contributed by atoms with Gasteiger partial charge in [0.1, 0.15) is 0 Å². The maximum absolute atomic E-state index is 3.67. The van der Waals surface area contributed by atoms with Gasteiger partial charge in [-0.25, -0.2) is 0 Å². The van der Waals surface area contributed by atoms with Crippen molar-refractivity contribution in [1.29, 1.82) is 0 Å². The normalized spacial score (nSPS) is 13.3. The van der Waals surface area contributed by atoms with E-state index in [0.29, 0.717) is 0 Å². The quantitative estimate of drug-likeness (QED) is 0.233. The van der Waals surface area contributed by atoms with E-state index in [0.717, 1.165) is 11.4 Å². The molecule has 0 saturated carbocycles. The Labute approximate surface area is 244 Å². The van der Waals surface area contributed by atoms with Crippen LogP contribution in [0.4, 0.5) is 11.4 Å². The predicted molar refractivity (Wildman–Crippen MR) is 177 cm³/mol. The molecule has 1 aliphatic rings. The topological polar surface area (TPSA) is 12.0 Å². The lowest BCUT2D eigenvalue weighted by molar-refractivity contribution is 0.660. The third-order valence-corrected chi connectivity index (χ3v) is 9.82. The Hall–Kier alpha value is -4.66. The summed E-state index contributed by atoms with van der Waals surface area (Å²) in [5.41, 5.74) is 12.6. The van der Waals surface area contributed by atoms with Gasteiger partial charge in [-0.2, -0.15) is 0 Å². The molecule has 0 saturated heterocycles. The molecule has 0 unspecified atom stereocenters. The average Bonchev–Trinajstić information content (AvgIpc) is 3.49. The monoisotopic (exact) mass is 543 g/mol. The summed E-state index contributed by atoms with van der Waals surface area (Å²) in [5, 5.41) is 6.34. The molecule has 41 heavy (non-hydrogen) atoms. The molecular weight excluding hydrogens is 515 g/mol. The molecule has 1 aromatic heterocycles. The summed E-state index contributed by atoms with van der Waals surface area (Å²) in [5.74, 6) is 0. The Kier molecular flexibility index (Phi) is 5.42. The predicted octanol–water partition coefficient (Wildman–Crippen LogP) is 11.4. The highest BCUT2D eigenvalue weighted by Crippen LogP contribution is 2.50. The van der Waals surface area contributed by atoms with E-state index in [1.807, 2.05) is 11.3 Å². The van der Waals surface area contributed by atoms with Crippen LogP contribution < -0.4 is 5.32 Å². The summed E-state index contributed by atoms with van der Waals surface area (Å²) in [7, 11) is 0. The SMILES string of the molecule is CC1(C)c2ccc(-c3ccccc3)cc2-c2ccc(Nc3ccc(-c4ccc5sc6ccccc6c5c4)cc3)cc21. The van der Waals surface area contributed by atoms with Gasteiger partial charge in [-0.05, 0) is 93.0 Å². The molecule has 0 fully saturated rings. The van der Waals surface area contributed by atoms with Crippen molar-refractivity contribution in [2.45, 2.75) is 19.3 Å². The molecule has 0 spiro atoms. The van der Waals surface area contributed by atoms with Gasteiger partial charge in [0, 0.05) is 37.0 Å². The van der Waals surface area contributed by atoms with Gasteiger partial charge in [0.25, 0.3) is 0 Å². The number of anilines is 2. The maximum Gasteiger partial charge on any atom is 0.0387 e. The fourth-order valence-electron chi connectivity index (χ4n) is 6.46. The van der Waals surface area contributed by atoms with E-state index in [4.69, 9.17) is 0 Å². The average molecular weight is 544 g/mol. The van der Waals surface area contributed by atoms with Crippen molar-refractivity contribution in [3.05, 3.63) is 145 Å². The Bertz CT molecular complexity index is 2080. The molecule has 196 valence electrons. The minimum absolute atomic E-state index is 0.0497. The fraction of sp³-hybridized carbons (Fsp3) is 0.0769. The highest BCUT2D eigenvalue weighted by Gasteiger charge is 2.35. The lowest BCUT2D eigenvalue weighted by Gasteiger charge is -2.22. The van der Waals surface area contributed by atoms with Crippen LogP contribution in [-0.2, 0) is 5.41 Å². The van der Waals surface area contributed by atoms with Crippen LogP contribution in [-0.4, -0.2) is 0 Å². The van der Waals surface area contributed by atoms with Crippen LogP contribution in [0.1, 0.15) is 25.0 Å². The van der Waals surface area contributed by atoms with Crippen LogP contribution in [0.25, 0.3) is 53.6 Å². The standard InChI is InChI=1S/C39H29NS/c1-39(2)35-20-14-27(25-8-4-3-5-9-25)22-33(35)31-19-18-30(24-36(31)39)40-29-16-12-26(13-17-29)28-15-21-38-34(23-28)32-10-6-7-11-37(32)41-38/h3-24,40H,1-2H3. The number of rotatable bonds is 4. The van der Waals surface area contributed by atoms with E-state index >= 15 is 0 Å². The molecule has 1 N–H and O–H groups in total. The molecule has 0 amide bonds. The lowest BCUT2D eigenvalue weighted by Crippen LogP contribution is -2.15. The van der Waals surface area contributed by atoms with Gasteiger partial charge in [0.05, 0.1) is 0 Å². The van der Waals surface area contributed by atoms with Gasteiger partial charge in [-0.15, -0.1) is 11.3 Å². The number of hydrogen-bond donors (Lipinski definition) is 1. The largest absolute Gasteiger partial charge is 0.356 e. The van der Waals surface area contributed by atoms with Crippen molar-refractivity contribution in [2.75, 3.05) is 5.32 Å². The second kappa shape index (κ2) is 9.19. The van der Waals surface area contributed by atoms with Gasteiger partial charge < -0.3 is 5.32 Å². The molecule has 8 rings (SSSR count). The lowest BCUT2D eigenvalue weighted by atomic mass is 9.82. The van der Waals surface area contributed by atoms with Crippen molar-refractivity contribution in [1.82, 2.24) is 0 Å². The highest BCUT2D eigenvalue weighted by atomic mass is 32.1. The molecule has 0 atom stereocenters. The van der Waals surface area contributed by atoms with Crippen molar-refractivity contribution < 1.29 is 0 Å². The Morgan fingerprint density at radius 1 is 0.463 bits per heavy atom. The Morgan fingerprint density at radius 2 is 1.12 bits per heavy atom. The number of benzene rings is 6. The molecule has 2 heteroatoms. The molecular formula is C39H29NS. The summed E-state index contributed by atoms with van der Waals surface area (Å²) in [4.78, 5) is 0. The molecule has 0 aliphatic heterocycles. The van der Waals surface area contributed by atoms with Gasteiger partial charge >= 0.3 is 0 Å². The third kappa shape index (κ3) is 3.98. The van der Waals surface area contributed by atoms with Crippen LogP contribution in [0.3, 0.4) is 0 Å². The Morgan fingerprint density at radius 3 is 1.98 bits per heavy atom. The van der Waals surface area contributed by atoms with Gasteiger partial charge in [-0.1, -0.05) is 98.8 Å². The zero-order valence-corrected chi connectivity index (χ0v) is 23.9. The van der Waals surface area contributed by atoms with Gasteiger partial charge in [-0.3, -0.25) is 0 Å². The number of fused-ring (bicyclic) bond motifs is 6. The van der Waals surface area contributed by atoms with E-state index in [1.54, 1.807) is 0 Å².